The van der Waals surface area contributed by atoms with Gasteiger partial charge in [-0.3, -0.25) is 14.6 Å². The standard InChI is InChI=1S/C13H15N3O3/c1-9(12(18)14-2)16-13(19)11-5-6-15-8-10(11)4-3-7-17/h5-6,8-9,17H,7H2,1-2H3,(H,14,18)(H,16,19). The topological polar surface area (TPSA) is 91.3 Å². The molecule has 0 aromatic carbocycles. The van der Waals surface area contributed by atoms with Crippen molar-refractivity contribution in [2.75, 3.05) is 13.7 Å². The molecule has 0 aliphatic rings. The van der Waals surface area contributed by atoms with Gasteiger partial charge in [-0.2, -0.15) is 0 Å². The third-order valence-electron chi connectivity index (χ3n) is 2.36. The molecule has 2 amide bonds. The van der Waals surface area contributed by atoms with Gasteiger partial charge in [-0.15, -0.1) is 0 Å². The largest absolute Gasteiger partial charge is 0.384 e. The van der Waals surface area contributed by atoms with Gasteiger partial charge in [-0.05, 0) is 13.0 Å². The molecular weight excluding hydrogens is 246 g/mol. The number of likely N-dealkylation sites (N-methyl/N-ethyl adjacent to an activating group) is 1. The van der Waals surface area contributed by atoms with Crippen LogP contribution in [0.3, 0.4) is 0 Å². The third-order valence-corrected chi connectivity index (χ3v) is 2.36. The number of amides is 2. The Morgan fingerprint density at radius 1 is 1.53 bits per heavy atom. The van der Waals surface area contributed by atoms with Crippen LogP contribution in [0.25, 0.3) is 0 Å². The lowest BCUT2D eigenvalue weighted by atomic mass is 10.1. The molecule has 3 N–H and O–H groups in total. The van der Waals surface area contributed by atoms with Crippen LogP contribution in [0, 0.1) is 11.8 Å². The lowest BCUT2D eigenvalue weighted by Gasteiger charge is -2.12. The summed E-state index contributed by atoms with van der Waals surface area (Å²) in [6.45, 7) is 1.28. The molecule has 1 heterocycles. The molecule has 0 bridgehead atoms. The van der Waals surface area contributed by atoms with E-state index < -0.39 is 11.9 Å². The number of nitrogens with one attached hydrogen (secondary N) is 2. The van der Waals surface area contributed by atoms with E-state index in [1.54, 1.807) is 6.92 Å². The SMILES string of the molecule is CNC(=O)C(C)NC(=O)c1ccncc1C#CCO. The highest BCUT2D eigenvalue weighted by Gasteiger charge is 2.16. The van der Waals surface area contributed by atoms with Gasteiger partial charge in [0.1, 0.15) is 12.6 Å². The molecule has 0 aliphatic heterocycles. The first-order valence-corrected chi connectivity index (χ1v) is 5.66. The van der Waals surface area contributed by atoms with Gasteiger partial charge in [0.2, 0.25) is 5.91 Å². The van der Waals surface area contributed by atoms with E-state index in [9.17, 15) is 9.59 Å². The number of hydrogen-bond donors (Lipinski definition) is 3. The van der Waals surface area contributed by atoms with E-state index in [1.807, 2.05) is 0 Å². The Bertz CT molecular complexity index is 531. The molecule has 0 saturated heterocycles. The van der Waals surface area contributed by atoms with Gasteiger partial charge in [0, 0.05) is 19.4 Å². The smallest absolute Gasteiger partial charge is 0.253 e. The van der Waals surface area contributed by atoms with Crippen molar-refractivity contribution in [1.82, 2.24) is 15.6 Å². The van der Waals surface area contributed by atoms with E-state index in [2.05, 4.69) is 27.5 Å². The predicted octanol–water partition coefficient (Wildman–Crippen LogP) is -0.710. The highest BCUT2D eigenvalue weighted by Crippen LogP contribution is 2.05. The van der Waals surface area contributed by atoms with Crippen molar-refractivity contribution < 1.29 is 14.7 Å². The molecule has 1 aromatic rings. The number of nitrogens with zero attached hydrogens (tertiary/aromatic N) is 1. The molecule has 0 radical (unpaired) electrons. The van der Waals surface area contributed by atoms with Crippen LogP contribution < -0.4 is 10.6 Å². The molecular formula is C13H15N3O3. The molecule has 1 atom stereocenters. The van der Waals surface area contributed by atoms with Gasteiger partial charge in [0.25, 0.3) is 5.91 Å². The van der Waals surface area contributed by atoms with Gasteiger partial charge in [-0.25, -0.2) is 0 Å². The van der Waals surface area contributed by atoms with Crippen LogP contribution in [0.1, 0.15) is 22.8 Å². The Labute approximate surface area is 111 Å². The molecule has 6 heteroatoms. The summed E-state index contributed by atoms with van der Waals surface area (Å²) in [4.78, 5) is 27.2. The molecule has 1 unspecified atom stereocenters. The molecule has 100 valence electrons. The lowest BCUT2D eigenvalue weighted by molar-refractivity contribution is -0.122. The van der Waals surface area contributed by atoms with E-state index in [0.29, 0.717) is 11.1 Å². The van der Waals surface area contributed by atoms with Gasteiger partial charge < -0.3 is 15.7 Å². The highest BCUT2D eigenvalue weighted by molar-refractivity contribution is 5.99. The van der Waals surface area contributed by atoms with E-state index in [0.717, 1.165) is 0 Å². The number of pyridine rings is 1. The van der Waals surface area contributed by atoms with Gasteiger partial charge in [0.15, 0.2) is 0 Å². The zero-order valence-corrected chi connectivity index (χ0v) is 10.7. The Morgan fingerprint density at radius 3 is 2.89 bits per heavy atom. The summed E-state index contributed by atoms with van der Waals surface area (Å²) in [5.41, 5.74) is 0.713. The number of carbonyl (C=O) groups is 2. The summed E-state index contributed by atoms with van der Waals surface area (Å²) >= 11 is 0. The van der Waals surface area contributed by atoms with Crippen molar-refractivity contribution in [3.63, 3.8) is 0 Å². The number of hydrogen-bond acceptors (Lipinski definition) is 4. The Balaban J connectivity index is 2.91. The van der Waals surface area contributed by atoms with Crippen molar-refractivity contribution in [2.24, 2.45) is 0 Å². The first kappa shape index (κ1) is 14.7. The maximum atomic E-state index is 12.0. The quantitative estimate of drug-likeness (QED) is 0.627. The van der Waals surface area contributed by atoms with Crippen molar-refractivity contribution in [1.29, 1.82) is 0 Å². The highest BCUT2D eigenvalue weighted by atomic mass is 16.2. The molecule has 1 aromatic heterocycles. The van der Waals surface area contributed by atoms with Crippen molar-refractivity contribution in [2.45, 2.75) is 13.0 Å². The molecule has 0 aliphatic carbocycles. The van der Waals surface area contributed by atoms with Crippen LogP contribution >= 0.6 is 0 Å². The second-order valence-corrected chi connectivity index (χ2v) is 3.69. The van der Waals surface area contributed by atoms with Gasteiger partial charge in [0.05, 0.1) is 11.1 Å². The monoisotopic (exact) mass is 261 g/mol. The maximum Gasteiger partial charge on any atom is 0.253 e. The normalized spacial score (nSPS) is 10.9. The fraction of sp³-hybridized carbons (Fsp3) is 0.308. The van der Waals surface area contributed by atoms with E-state index in [-0.39, 0.29) is 12.5 Å². The predicted molar refractivity (Wildman–Crippen MR) is 69.2 cm³/mol. The average Bonchev–Trinajstić information content (AvgIpc) is 2.44. The number of aromatic nitrogens is 1. The Kier molecular flexibility index (Phi) is 5.51. The first-order valence-electron chi connectivity index (χ1n) is 5.66. The summed E-state index contributed by atoms with van der Waals surface area (Å²) in [5.74, 6) is 4.39. The van der Waals surface area contributed by atoms with Crippen LogP contribution in [0.2, 0.25) is 0 Å². The van der Waals surface area contributed by atoms with Crippen molar-refractivity contribution in [3.05, 3.63) is 29.6 Å². The van der Waals surface area contributed by atoms with Gasteiger partial charge in [-0.1, -0.05) is 11.8 Å². The second kappa shape index (κ2) is 7.13. The summed E-state index contributed by atoms with van der Waals surface area (Å²) in [6, 6.07) is 0.858. The summed E-state index contributed by atoms with van der Waals surface area (Å²) in [7, 11) is 1.50. The van der Waals surface area contributed by atoms with Crippen LogP contribution in [0.4, 0.5) is 0 Å². The summed E-state index contributed by atoms with van der Waals surface area (Å²) in [5, 5.41) is 13.7. The van der Waals surface area contributed by atoms with E-state index >= 15 is 0 Å². The molecule has 0 fully saturated rings. The Morgan fingerprint density at radius 2 is 2.26 bits per heavy atom. The number of aliphatic hydroxyl groups is 1. The molecule has 19 heavy (non-hydrogen) atoms. The minimum absolute atomic E-state index is 0.287. The van der Waals surface area contributed by atoms with Crippen LogP contribution in [-0.4, -0.2) is 41.6 Å². The van der Waals surface area contributed by atoms with Crippen LogP contribution in [-0.2, 0) is 4.79 Å². The van der Waals surface area contributed by atoms with Crippen LogP contribution in [0.5, 0.6) is 0 Å². The average molecular weight is 261 g/mol. The summed E-state index contributed by atoms with van der Waals surface area (Å²) < 4.78 is 0. The minimum Gasteiger partial charge on any atom is -0.384 e. The minimum atomic E-state index is -0.649. The number of carbonyl (C=O) groups excluding carboxylic acids is 2. The molecule has 6 nitrogen and oxygen atoms in total. The second-order valence-electron chi connectivity index (χ2n) is 3.69. The van der Waals surface area contributed by atoms with E-state index in [4.69, 9.17) is 5.11 Å². The Hall–Kier alpha value is -2.39. The summed E-state index contributed by atoms with van der Waals surface area (Å²) in [6.07, 6.45) is 2.89. The van der Waals surface area contributed by atoms with Gasteiger partial charge >= 0.3 is 0 Å². The van der Waals surface area contributed by atoms with E-state index in [1.165, 1.54) is 25.5 Å². The fourth-order valence-electron chi connectivity index (χ4n) is 1.38. The van der Waals surface area contributed by atoms with Crippen molar-refractivity contribution in [3.8, 4) is 11.8 Å². The zero-order chi connectivity index (χ0) is 14.3. The van der Waals surface area contributed by atoms with Crippen LogP contribution in [0.15, 0.2) is 18.5 Å². The number of aliphatic hydroxyl groups excluding tert-OH is 1. The molecule has 1 rings (SSSR count). The van der Waals surface area contributed by atoms with Crippen molar-refractivity contribution >= 4 is 11.8 Å². The molecule has 0 saturated carbocycles. The fourth-order valence-corrected chi connectivity index (χ4v) is 1.38. The number of rotatable bonds is 3. The molecule has 0 spiro atoms. The first-order chi connectivity index (χ1) is 9.10. The lowest BCUT2D eigenvalue weighted by Crippen LogP contribution is -2.43. The zero-order valence-electron chi connectivity index (χ0n) is 10.7. The third kappa shape index (κ3) is 4.08. The maximum absolute atomic E-state index is 12.0.